The maximum Gasteiger partial charge on any atom is 0.573 e. The predicted octanol–water partition coefficient (Wildman–Crippen LogP) is 5.05. The summed E-state index contributed by atoms with van der Waals surface area (Å²) < 4.78 is 42.8. The fourth-order valence-corrected chi connectivity index (χ4v) is 4.84. The monoisotopic (exact) mass is 537 g/mol. The number of amides is 1. The number of pyridine rings is 1. The lowest BCUT2D eigenvalue weighted by molar-refractivity contribution is -0.274. The molecule has 0 aliphatic carbocycles. The molecule has 3 heterocycles. The highest BCUT2D eigenvalue weighted by atomic mass is 19.4. The van der Waals surface area contributed by atoms with Crippen LogP contribution in [0.4, 0.5) is 18.9 Å². The molecule has 2 aromatic heterocycles. The first kappa shape index (κ1) is 26.6. The predicted molar refractivity (Wildman–Crippen MR) is 143 cm³/mol. The van der Waals surface area contributed by atoms with Gasteiger partial charge in [-0.25, -0.2) is 4.98 Å². The Balaban J connectivity index is 1.11. The average molecular weight is 538 g/mol. The van der Waals surface area contributed by atoms with Crippen LogP contribution in [0.3, 0.4) is 0 Å². The van der Waals surface area contributed by atoms with Crippen LogP contribution >= 0.6 is 0 Å². The number of halogens is 3. The number of benzene rings is 2. The summed E-state index contributed by atoms with van der Waals surface area (Å²) in [4.78, 5) is 22.1. The van der Waals surface area contributed by atoms with Crippen molar-refractivity contribution in [3.05, 3.63) is 95.4 Å². The maximum absolute atomic E-state index is 13.0. The Morgan fingerprint density at radius 3 is 2.31 bits per heavy atom. The zero-order valence-electron chi connectivity index (χ0n) is 21.6. The van der Waals surface area contributed by atoms with Gasteiger partial charge in [0.2, 0.25) is 0 Å². The minimum absolute atomic E-state index is 0.145. The molecule has 10 heteroatoms. The maximum atomic E-state index is 13.0. The van der Waals surface area contributed by atoms with E-state index < -0.39 is 6.36 Å². The van der Waals surface area contributed by atoms with Crippen LogP contribution in [0.1, 0.15) is 34.2 Å². The Labute approximate surface area is 224 Å². The summed E-state index contributed by atoms with van der Waals surface area (Å²) in [5, 5.41) is 3.03. The van der Waals surface area contributed by atoms with Gasteiger partial charge in [0.15, 0.2) is 0 Å². The molecule has 4 aromatic rings. The van der Waals surface area contributed by atoms with E-state index in [4.69, 9.17) is 0 Å². The Bertz CT molecular complexity index is 1410. The van der Waals surface area contributed by atoms with E-state index in [1.54, 1.807) is 12.1 Å². The van der Waals surface area contributed by atoms with Gasteiger partial charge in [0.25, 0.3) is 5.91 Å². The number of hydrogen-bond acceptors (Lipinski definition) is 5. The molecular weight excluding hydrogens is 507 g/mol. The number of nitrogens with zero attached hydrogens (tertiary/aromatic N) is 4. The summed E-state index contributed by atoms with van der Waals surface area (Å²) >= 11 is 0. The van der Waals surface area contributed by atoms with Gasteiger partial charge in [-0.2, -0.15) is 0 Å². The van der Waals surface area contributed by atoms with Crippen LogP contribution in [0.25, 0.3) is 5.65 Å². The summed E-state index contributed by atoms with van der Waals surface area (Å²) in [5.74, 6) is -0.353. The number of aryl methyl sites for hydroxylation is 1. The molecule has 1 N–H and O–H groups in total. The Hall–Kier alpha value is -4.05. The Kier molecular flexibility index (Phi) is 7.74. The summed E-state index contributed by atoms with van der Waals surface area (Å²) in [6, 6.07) is 19.9. The molecule has 1 saturated heterocycles. The number of anilines is 1. The second-order valence-corrected chi connectivity index (χ2v) is 9.49. The molecule has 7 nitrogen and oxygen atoms in total. The van der Waals surface area contributed by atoms with Crippen molar-refractivity contribution in [3.63, 3.8) is 0 Å². The fourth-order valence-electron chi connectivity index (χ4n) is 4.84. The molecule has 0 radical (unpaired) electrons. The lowest BCUT2D eigenvalue weighted by Gasteiger charge is -2.36. The number of piperazine rings is 1. The largest absolute Gasteiger partial charge is 0.573 e. The molecule has 0 unspecified atom stereocenters. The van der Waals surface area contributed by atoms with E-state index in [0.717, 1.165) is 54.3 Å². The lowest BCUT2D eigenvalue weighted by Crippen LogP contribution is -2.45. The molecule has 39 heavy (non-hydrogen) atoms. The summed E-state index contributed by atoms with van der Waals surface area (Å²) in [5.41, 5.74) is 5.19. The van der Waals surface area contributed by atoms with Gasteiger partial charge >= 0.3 is 6.36 Å². The summed E-state index contributed by atoms with van der Waals surface area (Å²) in [6.45, 7) is 6.47. The minimum Gasteiger partial charge on any atom is -0.406 e. The second-order valence-electron chi connectivity index (χ2n) is 9.49. The van der Waals surface area contributed by atoms with Crippen LogP contribution in [0.15, 0.2) is 72.9 Å². The molecule has 0 spiro atoms. The third-order valence-electron chi connectivity index (χ3n) is 6.84. The van der Waals surface area contributed by atoms with E-state index in [2.05, 4.69) is 37.0 Å². The topological polar surface area (TPSA) is 62.1 Å². The Morgan fingerprint density at radius 1 is 0.949 bits per heavy atom. The van der Waals surface area contributed by atoms with Crippen LogP contribution in [0.2, 0.25) is 0 Å². The number of ether oxygens (including phenoxy) is 1. The molecule has 5 rings (SSSR count). The zero-order valence-corrected chi connectivity index (χ0v) is 21.6. The highest BCUT2D eigenvalue weighted by Crippen LogP contribution is 2.24. The first-order chi connectivity index (χ1) is 18.8. The first-order valence-electron chi connectivity index (χ1n) is 12.9. The van der Waals surface area contributed by atoms with Gasteiger partial charge in [-0.15, -0.1) is 13.2 Å². The van der Waals surface area contributed by atoms with Crippen molar-refractivity contribution in [2.24, 2.45) is 0 Å². The molecule has 204 valence electrons. The standard InChI is InChI=1S/C29H30F3N5O2/c1-2-25-27(37-14-4-3-5-26(37)34-25)28(38)33-19-21-6-10-23(11-7-21)36-17-15-35(16-18-36)20-22-8-12-24(13-9-22)39-29(30,31)32/h3-14H,2,15-20H2,1H3,(H,33,38). The third-order valence-corrected chi connectivity index (χ3v) is 6.84. The van der Waals surface area contributed by atoms with E-state index in [9.17, 15) is 18.0 Å². The molecule has 1 aliphatic heterocycles. The zero-order chi connectivity index (χ0) is 27.4. The van der Waals surface area contributed by atoms with E-state index in [0.29, 0.717) is 25.2 Å². The average Bonchev–Trinajstić information content (AvgIpc) is 3.32. The lowest BCUT2D eigenvalue weighted by atomic mass is 10.1. The van der Waals surface area contributed by atoms with Crippen molar-refractivity contribution in [3.8, 4) is 5.75 Å². The van der Waals surface area contributed by atoms with E-state index in [1.807, 2.05) is 47.9 Å². The number of alkyl halides is 3. The number of carbonyl (C=O) groups excluding carboxylic acids is 1. The van der Waals surface area contributed by atoms with Crippen molar-refractivity contribution in [2.75, 3.05) is 31.1 Å². The van der Waals surface area contributed by atoms with Gasteiger partial charge in [-0.1, -0.05) is 37.3 Å². The molecule has 1 fully saturated rings. The molecule has 1 aliphatic rings. The molecule has 2 aromatic carbocycles. The van der Waals surface area contributed by atoms with E-state index in [-0.39, 0.29) is 11.7 Å². The number of carbonyl (C=O) groups is 1. The Morgan fingerprint density at radius 2 is 1.64 bits per heavy atom. The van der Waals surface area contributed by atoms with Crippen LogP contribution in [0.5, 0.6) is 5.75 Å². The van der Waals surface area contributed by atoms with Crippen LogP contribution in [0, 0.1) is 0 Å². The van der Waals surface area contributed by atoms with Gasteiger partial charge in [0, 0.05) is 51.2 Å². The van der Waals surface area contributed by atoms with E-state index >= 15 is 0 Å². The summed E-state index contributed by atoms with van der Waals surface area (Å²) in [6.07, 6.45) is -2.15. The molecule has 0 bridgehead atoms. The van der Waals surface area contributed by atoms with Gasteiger partial charge in [0.05, 0.1) is 5.69 Å². The quantitative estimate of drug-likeness (QED) is 0.341. The van der Waals surface area contributed by atoms with Crippen molar-refractivity contribution < 1.29 is 22.7 Å². The molecule has 0 saturated carbocycles. The second kappa shape index (κ2) is 11.4. The molecule has 1 amide bonds. The number of rotatable bonds is 8. The number of imidazole rings is 1. The minimum atomic E-state index is -4.68. The number of fused-ring (bicyclic) bond motifs is 1. The van der Waals surface area contributed by atoms with Crippen LogP contribution in [-0.2, 0) is 19.5 Å². The number of hydrogen-bond donors (Lipinski definition) is 1. The smallest absolute Gasteiger partial charge is 0.406 e. The SMILES string of the molecule is CCc1nc2ccccn2c1C(=O)NCc1ccc(N2CCN(Cc3ccc(OC(F)(F)F)cc3)CC2)cc1. The van der Waals surface area contributed by atoms with Gasteiger partial charge in [-0.05, 0) is 53.9 Å². The molecule has 0 atom stereocenters. The summed E-state index contributed by atoms with van der Waals surface area (Å²) in [7, 11) is 0. The fraction of sp³-hybridized carbons (Fsp3) is 0.310. The normalized spacial score (nSPS) is 14.5. The van der Waals surface area contributed by atoms with Gasteiger partial charge in [-0.3, -0.25) is 14.1 Å². The number of aromatic nitrogens is 2. The highest BCUT2D eigenvalue weighted by Gasteiger charge is 2.31. The first-order valence-corrected chi connectivity index (χ1v) is 12.9. The van der Waals surface area contributed by atoms with Crippen molar-refractivity contribution in [1.29, 1.82) is 0 Å². The van der Waals surface area contributed by atoms with Crippen molar-refractivity contribution in [1.82, 2.24) is 19.6 Å². The van der Waals surface area contributed by atoms with Crippen LogP contribution in [-0.4, -0.2) is 52.7 Å². The third kappa shape index (κ3) is 6.51. The highest BCUT2D eigenvalue weighted by molar-refractivity contribution is 5.94. The van der Waals surface area contributed by atoms with Crippen LogP contribution < -0.4 is 15.0 Å². The molecular formula is C29H30F3N5O2. The van der Waals surface area contributed by atoms with E-state index in [1.165, 1.54) is 12.1 Å². The number of nitrogens with one attached hydrogen (secondary N) is 1. The van der Waals surface area contributed by atoms with Gasteiger partial charge in [0.1, 0.15) is 17.1 Å². The van der Waals surface area contributed by atoms with Crippen molar-refractivity contribution >= 4 is 17.2 Å². The van der Waals surface area contributed by atoms with Crippen molar-refractivity contribution in [2.45, 2.75) is 32.8 Å². The van der Waals surface area contributed by atoms with Gasteiger partial charge < -0.3 is 15.0 Å².